The first-order valence-corrected chi connectivity index (χ1v) is 9.51. The van der Waals surface area contributed by atoms with Gasteiger partial charge in [-0.05, 0) is 24.6 Å². The second-order valence-electron chi connectivity index (χ2n) is 6.21. The number of carbonyl (C=O) groups is 2. The summed E-state index contributed by atoms with van der Waals surface area (Å²) in [5, 5.41) is 9.26. The van der Waals surface area contributed by atoms with Crippen LogP contribution in [0.15, 0.2) is 18.2 Å². The number of nitrogens with one attached hydrogen (secondary N) is 1. The summed E-state index contributed by atoms with van der Waals surface area (Å²) < 4.78 is 37.7. The number of benzene rings is 1. The van der Waals surface area contributed by atoms with Crippen molar-refractivity contribution < 1.29 is 27.5 Å². The van der Waals surface area contributed by atoms with Gasteiger partial charge in [0.1, 0.15) is 11.5 Å². The third-order valence-corrected chi connectivity index (χ3v) is 6.06. The average Bonchev–Trinajstić information content (AvgIpc) is 2.94. The van der Waals surface area contributed by atoms with Crippen LogP contribution < -0.4 is 0 Å². The van der Waals surface area contributed by atoms with E-state index in [2.05, 4.69) is 4.98 Å². The van der Waals surface area contributed by atoms with Crippen LogP contribution in [0.25, 0.3) is 10.9 Å². The lowest BCUT2D eigenvalue weighted by molar-refractivity contribution is -0.138. The van der Waals surface area contributed by atoms with Crippen molar-refractivity contribution in [2.75, 3.05) is 18.1 Å². The number of carbonyl (C=O) groups excluding carboxylic acids is 1. The molecule has 0 saturated carbocycles. The summed E-state index contributed by atoms with van der Waals surface area (Å²) in [6.07, 6.45) is -0.460. The second kappa shape index (κ2) is 6.14. The van der Waals surface area contributed by atoms with Crippen molar-refractivity contribution in [1.82, 2.24) is 9.88 Å². The third kappa shape index (κ3) is 3.37. The summed E-state index contributed by atoms with van der Waals surface area (Å²) in [7, 11) is -3.39. The zero-order chi connectivity index (χ0) is 18.4. The van der Waals surface area contributed by atoms with E-state index in [4.69, 9.17) is 5.11 Å². The van der Waals surface area contributed by atoms with E-state index in [0.29, 0.717) is 11.1 Å². The van der Waals surface area contributed by atoms with Crippen LogP contribution in [-0.2, 0) is 14.6 Å². The van der Waals surface area contributed by atoms with Gasteiger partial charge in [0, 0.05) is 17.4 Å². The molecule has 1 amide bonds. The fraction of sp³-hybridized carbons (Fsp3) is 0.375. The molecule has 25 heavy (non-hydrogen) atoms. The molecule has 1 aliphatic heterocycles. The minimum absolute atomic E-state index is 0.0873. The Morgan fingerprint density at radius 3 is 2.80 bits per heavy atom. The number of halogens is 1. The number of amides is 1. The van der Waals surface area contributed by atoms with Crippen LogP contribution >= 0.6 is 0 Å². The van der Waals surface area contributed by atoms with Gasteiger partial charge in [0.25, 0.3) is 5.91 Å². The molecule has 1 saturated heterocycles. The van der Waals surface area contributed by atoms with Crippen LogP contribution in [0.3, 0.4) is 0 Å². The van der Waals surface area contributed by atoms with Gasteiger partial charge in [-0.2, -0.15) is 0 Å². The molecular weight excluding hydrogens is 351 g/mol. The minimum Gasteiger partial charge on any atom is -0.481 e. The number of aromatic nitrogens is 1. The Morgan fingerprint density at radius 2 is 2.12 bits per heavy atom. The van der Waals surface area contributed by atoms with E-state index in [1.165, 1.54) is 11.0 Å². The number of hydrogen-bond acceptors (Lipinski definition) is 4. The molecule has 3 rings (SSSR count). The van der Waals surface area contributed by atoms with Gasteiger partial charge in [0.2, 0.25) is 0 Å². The monoisotopic (exact) mass is 368 g/mol. The molecule has 9 heteroatoms. The molecule has 7 nitrogen and oxygen atoms in total. The quantitative estimate of drug-likeness (QED) is 0.850. The van der Waals surface area contributed by atoms with Crippen LogP contribution in [0, 0.1) is 12.7 Å². The van der Waals surface area contributed by atoms with Gasteiger partial charge >= 0.3 is 5.97 Å². The van der Waals surface area contributed by atoms with Crippen molar-refractivity contribution >= 4 is 32.6 Å². The smallest absolute Gasteiger partial charge is 0.305 e. The van der Waals surface area contributed by atoms with Crippen LogP contribution in [0.2, 0.25) is 0 Å². The first-order chi connectivity index (χ1) is 11.7. The van der Waals surface area contributed by atoms with Crippen LogP contribution in [-0.4, -0.2) is 59.4 Å². The number of carboxylic acid groups (broad SMARTS) is 1. The zero-order valence-electron chi connectivity index (χ0n) is 13.5. The highest BCUT2D eigenvalue weighted by molar-refractivity contribution is 7.91. The number of fused-ring (bicyclic) bond motifs is 1. The van der Waals surface area contributed by atoms with Gasteiger partial charge in [-0.15, -0.1) is 0 Å². The van der Waals surface area contributed by atoms with Crippen molar-refractivity contribution in [2.24, 2.45) is 0 Å². The Balaban J connectivity index is 1.95. The van der Waals surface area contributed by atoms with Gasteiger partial charge in [-0.3, -0.25) is 9.59 Å². The minimum atomic E-state index is -3.39. The van der Waals surface area contributed by atoms with Gasteiger partial charge in [-0.1, -0.05) is 6.07 Å². The Bertz CT molecular complexity index is 966. The molecule has 0 aliphatic carbocycles. The highest BCUT2D eigenvalue weighted by Crippen LogP contribution is 2.24. The van der Waals surface area contributed by atoms with Gasteiger partial charge in [0.05, 0.1) is 24.0 Å². The Labute approximate surface area is 143 Å². The van der Waals surface area contributed by atoms with E-state index in [-0.39, 0.29) is 23.4 Å². The first kappa shape index (κ1) is 17.4. The van der Waals surface area contributed by atoms with Gasteiger partial charge in [-0.25, -0.2) is 12.8 Å². The second-order valence-corrected chi connectivity index (χ2v) is 8.43. The zero-order valence-corrected chi connectivity index (χ0v) is 14.3. The fourth-order valence-electron chi connectivity index (χ4n) is 3.07. The summed E-state index contributed by atoms with van der Waals surface area (Å²) in [4.78, 5) is 27.8. The maximum Gasteiger partial charge on any atom is 0.305 e. The number of H-pyrrole nitrogens is 1. The molecule has 0 bridgehead atoms. The molecule has 2 heterocycles. The molecule has 134 valence electrons. The molecule has 1 atom stereocenters. The Kier molecular flexibility index (Phi) is 4.28. The van der Waals surface area contributed by atoms with Crippen LogP contribution in [0.4, 0.5) is 4.39 Å². The van der Waals surface area contributed by atoms with E-state index in [9.17, 15) is 22.4 Å². The Hall–Kier alpha value is -2.42. The Morgan fingerprint density at radius 1 is 1.40 bits per heavy atom. The standard InChI is InChI=1S/C16H17FN2O5S/c1-9-2-3-12-11(15(9)17)7-13(18-12)16(22)19-4-5-25(23,24)8-10(19)6-14(20)21/h2-3,7,10,18H,4-6,8H2,1H3,(H,20,21). The van der Waals surface area contributed by atoms with Crippen molar-refractivity contribution in [3.63, 3.8) is 0 Å². The van der Waals surface area contributed by atoms with Crippen LogP contribution in [0.5, 0.6) is 0 Å². The predicted molar refractivity (Wildman–Crippen MR) is 88.7 cm³/mol. The van der Waals surface area contributed by atoms with E-state index in [1.807, 2.05) is 0 Å². The summed E-state index contributed by atoms with van der Waals surface area (Å²) in [5.74, 6) is -2.76. The van der Waals surface area contributed by atoms with Crippen LogP contribution in [0.1, 0.15) is 22.5 Å². The fourth-order valence-corrected chi connectivity index (χ4v) is 4.60. The lowest BCUT2D eigenvalue weighted by Crippen LogP contribution is -2.52. The molecule has 1 unspecified atom stereocenters. The number of nitrogens with zero attached hydrogens (tertiary/aromatic N) is 1. The summed E-state index contributed by atoms with van der Waals surface area (Å²) >= 11 is 0. The topological polar surface area (TPSA) is 108 Å². The maximum atomic E-state index is 14.2. The molecule has 0 spiro atoms. The molecule has 2 aromatic rings. The van der Waals surface area contributed by atoms with E-state index >= 15 is 0 Å². The average molecular weight is 368 g/mol. The van der Waals surface area contributed by atoms with Crippen molar-refractivity contribution in [1.29, 1.82) is 0 Å². The highest BCUT2D eigenvalue weighted by Gasteiger charge is 2.36. The molecule has 1 aromatic heterocycles. The summed E-state index contributed by atoms with van der Waals surface area (Å²) in [6, 6.07) is 3.67. The van der Waals surface area contributed by atoms with Crippen molar-refractivity contribution in [3.8, 4) is 0 Å². The number of sulfone groups is 1. The lowest BCUT2D eigenvalue weighted by atomic mass is 10.1. The predicted octanol–water partition coefficient (Wildman–Crippen LogP) is 1.33. The summed E-state index contributed by atoms with van der Waals surface area (Å²) in [5.41, 5.74) is 0.998. The highest BCUT2D eigenvalue weighted by atomic mass is 32.2. The van der Waals surface area contributed by atoms with Gasteiger partial charge < -0.3 is 15.0 Å². The number of hydrogen-bond donors (Lipinski definition) is 2. The van der Waals surface area contributed by atoms with Crippen molar-refractivity contribution in [3.05, 3.63) is 35.3 Å². The van der Waals surface area contributed by atoms with E-state index in [0.717, 1.165) is 0 Å². The number of carboxylic acids is 1. The van der Waals surface area contributed by atoms with Gasteiger partial charge in [0.15, 0.2) is 9.84 Å². The number of aromatic amines is 1. The normalized spacial score (nSPS) is 19.9. The number of rotatable bonds is 3. The first-order valence-electron chi connectivity index (χ1n) is 7.69. The molecule has 1 aromatic carbocycles. The van der Waals surface area contributed by atoms with E-state index < -0.39 is 45.7 Å². The van der Waals surface area contributed by atoms with Crippen molar-refractivity contribution in [2.45, 2.75) is 19.4 Å². The number of aryl methyl sites for hydroxylation is 1. The number of aliphatic carboxylic acids is 1. The molecular formula is C16H17FN2O5S. The summed E-state index contributed by atoms with van der Waals surface area (Å²) in [6.45, 7) is 1.53. The maximum absolute atomic E-state index is 14.2. The third-order valence-electron chi connectivity index (χ3n) is 4.36. The lowest BCUT2D eigenvalue weighted by Gasteiger charge is -2.34. The largest absolute Gasteiger partial charge is 0.481 e. The molecule has 1 aliphatic rings. The molecule has 0 radical (unpaired) electrons. The van der Waals surface area contributed by atoms with E-state index in [1.54, 1.807) is 19.1 Å². The molecule has 1 fully saturated rings. The SMILES string of the molecule is Cc1ccc2[nH]c(C(=O)N3CCS(=O)(=O)CC3CC(=O)O)cc2c1F. The molecule has 2 N–H and O–H groups in total.